The molecule has 8 heteroatoms. The smallest absolute Gasteiger partial charge is 0.267 e. The number of aromatic nitrogens is 6. The molecule has 0 radical (unpaired) electrons. The third-order valence-corrected chi connectivity index (χ3v) is 2.61. The minimum Gasteiger partial charge on any atom is -0.267 e. The molecule has 0 amide bonds. The molecule has 2 heterocycles. The molecule has 3 rings (SSSR count). The number of carbonyl (C=O) groups excluding carboxylic acids is 2. The zero-order valence-corrected chi connectivity index (χ0v) is 10.1. The minimum atomic E-state index is -0.365. The highest BCUT2D eigenvalue weighted by Gasteiger charge is 2.14. The number of rotatable bonds is 2. The van der Waals surface area contributed by atoms with Gasteiger partial charge in [0.1, 0.15) is 25.3 Å². The molecule has 0 saturated carbocycles. The molecule has 2 aromatic heterocycles. The molecule has 0 unspecified atom stereocenters. The lowest BCUT2D eigenvalue weighted by Crippen LogP contribution is -2.16. The van der Waals surface area contributed by atoms with Crippen LogP contribution in [-0.4, -0.2) is 41.3 Å². The molecular formula is C12H8N6O2. The Bertz CT molecular complexity index is 687. The van der Waals surface area contributed by atoms with Crippen molar-refractivity contribution in [3.8, 4) is 0 Å². The van der Waals surface area contributed by atoms with Crippen LogP contribution in [0.2, 0.25) is 0 Å². The summed E-state index contributed by atoms with van der Waals surface area (Å²) in [6.07, 6.45) is 5.13. The van der Waals surface area contributed by atoms with E-state index in [1.807, 2.05) is 0 Å². The molecule has 0 spiro atoms. The van der Waals surface area contributed by atoms with Crippen LogP contribution in [0.5, 0.6) is 0 Å². The van der Waals surface area contributed by atoms with Crippen molar-refractivity contribution >= 4 is 11.8 Å². The van der Waals surface area contributed by atoms with E-state index in [2.05, 4.69) is 20.2 Å². The van der Waals surface area contributed by atoms with Crippen LogP contribution in [0.3, 0.4) is 0 Å². The predicted octanol–water partition coefficient (Wildman–Crippen LogP) is 0.247. The summed E-state index contributed by atoms with van der Waals surface area (Å²) in [6.45, 7) is 0. The third-order valence-electron chi connectivity index (χ3n) is 2.61. The first-order valence-electron chi connectivity index (χ1n) is 5.64. The van der Waals surface area contributed by atoms with E-state index in [-0.39, 0.29) is 11.8 Å². The van der Waals surface area contributed by atoms with Crippen LogP contribution < -0.4 is 0 Å². The average molecular weight is 268 g/mol. The standard InChI is InChI=1S/C12H8N6O2/c19-11(17-7-13-5-15-17)9-2-1-3-10(4-9)12(20)18-8-14-6-16-18/h1-8H. The highest BCUT2D eigenvalue weighted by molar-refractivity contribution is 6.00. The van der Waals surface area contributed by atoms with Gasteiger partial charge in [-0.25, -0.2) is 9.97 Å². The number of hydrogen-bond acceptors (Lipinski definition) is 6. The van der Waals surface area contributed by atoms with Crippen LogP contribution in [0.25, 0.3) is 0 Å². The second-order valence-corrected chi connectivity index (χ2v) is 3.87. The molecule has 20 heavy (non-hydrogen) atoms. The van der Waals surface area contributed by atoms with Crippen LogP contribution >= 0.6 is 0 Å². The van der Waals surface area contributed by atoms with Crippen molar-refractivity contribution in [2.75, 3.05) is 0 Å². The number of hydrogen-bond donors (Lipinski definition) is 0. The highest BCUT2D eigenvalue weighted by atomic mass is 16.2. The van der Waals surface area contributed by atoms with Crippen molar-refractivity contribution in [2.24, 2.45) is 0 Å². The van der Waals surface area contributed by atoms with Gasteiger partial charge in [0.25, 0.3) is 11.8 Å². The number of carbonyl (C=O) groups is 2. The lowest BCUT2D eigenvalue weighted by atomic mass is 10.1. The maximum atomic E-state index is 12.1. The van der Waals surface area contributed by atoms with Gasteiger partial charge in [-0.1, -0.05) is 6.07 Å². The normalized spacial score (nSPS) is 10.4. The van der Waals surface area contributed by atoms with Gasteiger partial charge >= 0.3 is 0 Å². The van der Waals surface area contributed by atoms with Gasteiger partial charge in [0.05, 0.1) is 0 Å². The molecule has 0 fully saturated rings. The summed E-state index contributed by atoms with van der Waals surface area (Å²) in [7, 11) is 0. The number of nitrogens with zero attached hydrogens (tertiary/aromatic N) is 6. The Labute approximate surface area is 112 Å². The first-order valence-corrected chi connectivity index (χ1v) is 5.64. The Morgan fingerprint density at radius 1 is 0.850 bits per heavy atom. The van der Waals surface area contributed by atoms with Crippen LogP contribution in [0.1, 0.15) is 20.7 Å². The predicted molar refractivity (Wildman–Crippen MR) is 65.9 cm³/mol. The zero-order valence-electron chi connectivity index (χ0n) is 10.1. The molecule has 0 saturated heterocycles. The first-order chi connectivity index (χ1) is 9.75. The minimum absolute atomic E-state index is 0.335. The maximum absolute atomic E-state index is 12.1. The fraction of sp³-hybridized carbons (Fsp3) is 0. The van der Waals surface area contributed by atoms with E-state index in [0.717, 1.165) is 9.36 Å². The van der Waals surface area contributed by atoms with Crippen molar-refractivity contribution in [1.82, 2.24) is 29.5 Å². The Balaban J connectivity index is 1.94. The van der Waals surface area contributed by atoms with Gasteiger partial charge in [0, 0.05) is 11.1 Å². The Morgan fingerprint density at radius 3 is 1.75 bits per heavy atom. The SMILES string of the molecule is O=C(c1cccc(C(=O)n2cncn2)c1)n1cncn1. The second-order valence-electron chi connectivity index (χ2n) is 3.87. The summed E-state index contributed by atoms with van der Waals surface area (Å²) in [5.41, 5.74) is 0.669. The van der Waals surface area contributed by atoms with E-state index in [4.69, 9.17) is 0 Å². The average Bonchev–Trinajstić information content (AvgIpc) is 3.18. The molecule has 3 aromatic rings. The Kier molecular flexibility index (Phi) is 2.88. The van der Waals surface area contributed by atoms with Crippen LogP contribution in [0.15, 0.2) is 49.6 Å². The van der Waals surface area contributed by atoms with E-state index in [9.17, 15) is 9.59 Å². The largest absolute Gasteiger partial charge is 0.279 e. The lowest BCUT2D eigenvalue weighted by molar-refractivity contribution is 0.0944. The first kappa shape index (κ1) is 11.9. The van der Waals surface area contributed by atoms with Gasteiger partial charge in [-0.05, 0) is 18.2 Å². The van der Waals surface area contributed by atoms with E-state index in [0.29, 0.717) is 11.1 Å². The van der Waals surface area contributed by atoms with Crippen molar-refractivity contribution in [2.45, 2.75) is 0 Å². The monoisotopic (exact) mass is 268 g/mol. The molecule has 0 N–H and O–H groups in total. The van der Waals surface area contributed by atoms with Crippen molar-refractivity contribution in [3.05, 3.63) is 60.7 Å². The summed E-state index contributed by atoms with van der Waals surface area (Å²) in [5.74, 6) is -0.730. The highest BCUT2D eigenvalue weighted by Crippen LogP contribution is 2.08. The van der Waals surface area contributed by atoms with Crippen molar-refractivity contribution < 1.29 is 9.59 Å². The summed E-state index contributed by atoms with van der Waals surface area (Å²) < 4.78 is 2.19. The summed E-state index contributed by atoms with van der Waals surface area (Å²) in [4.78, 5) is 31.6. The van der Waals surface area contributed by atoms with Crippen LogP contribution in [-0.2, 0) is 0 Å². The summed E-state index contributed by atoms with van der Waals surface area (Å²) >= 11 is 0. The van der Waals surface area contributed by atoms with Gasteiger partial charge in [0.15, 0.2) is 0 Å². The zero-order chi connectivity index (χ0) is 13.9. The van der Waals surface area contributed by atoms with Crippen LogP contribution in [0.4, 0.5) is 0 Å². The fourth-order valence-electron chi connectivity index (χ4n) is 1.68. The second kappa shape index (κ2) is 4.84. The van der Waals surface area contributed by atoms with E-state index >= 15 is 0 Å². The fourth-order valence-corrected chi connectivity index (χ4v) is 1.68. The van der Waals surface area contributed by atoms with Crippen molar-refractivity contribution in [3.63, 3.8) is 0 Å². The van der Waals surface area contributed by atoms with Gasteiger partial charge in [-0.2, -0.15) is 19.6 Å². The molecule has 0 bridgehead atoms. The van der Waals surface area contributed by atoms with Crippen LogP contribution in [0, 0.1) is 0 Å². The quantitative estimate of drug-likeness (QED) is 0.661. The number of benzene rings is 1. The molecule has 0 aliphatic rings. The van der Waals surface area contributed by atoms with Gasteiger partial charge in [-0.15, -0.1) is 0 Å². The summed E-state index contributed by atoms with van der Waals surface area (Å²) in [5, 5.41) is 7.52. The Hall–Kier alpha value is -3.16. The molecule has 98 valence electrons. The third kappa shape index (κ3) is 2.09. The topological polar surface area (TPSA) is 95.6 Å². The molecule has 0 atom stereocenters. The lowest BCUT2D eigenvalue weighted by Gasteiger charge is -2.03. The molecule has 0 aliphatic heterocycles. The van der Waals surface area contributed by atoms with Gasteiger partial charge < -0.3 is 0 Å². The molecule has 8 nitrogen and oxygen atoms in total. The van der Waals surface area contributed by atoms with E-state index in [1.165, 1.54) is 31.4 Å². The van der Waals surface area contributed by atoms with Gasteiger partial charge in [0.2, 0.25) is 0 Å². The van der Waals surface area contributed by atoms with Gasteiger partial charge in [-0.3, -0.25) is 9.59 Å². The molecule has 1 aromatic carbocycles. The van der Waals surface area contributed by atoms with E-state index < -0.39 is 0 Å². The Morgan fingerprint density at radius 2 is 1.35 bits per heavy atom. The maximum Gasteiger partial charge on any atom is 0.279 e. The van der Waals surface area contributed by atoms with E-state index in [1.54, 1.807) is 18.2 Å². The molecule has 0 aliphatic carbocycles. The van der Waals surface area contributed by atoms with Crippen molar-refractivity contribution in [1.29, 1.82) is 0 Å². The summed E-state index contributed by atoms with van der Waals surface area (Å²) in [6, 6.07) is 6.30. The molecular weight excluding hydrogens is 260 g/mol.